The molecule has 0 aliphatic rings. The van der Waals surface area contributed by atoms with Gasteiger partial charge in [0.05, 0.1) is 22.7 Å². The van der Waals surface area contributed by atoms with E-state index >= 15 is 0 Å². The molecule has 0 spiro atoms. The van der Waals surface area contributed by atoms with E-state index in [1.165, 1.54) is 17.5 Å². The molecule has 0 aliphatic carbocycles. The van der Waals surface area contributed by atoms with E-state index < -0.39 is 12.1 Å². The topological polar surface area (TPSA) is 85.8 Å². The highest BCUT2D eigenvalue weighted by atomic mass is 32.1. The van der Waals surface area contributed by atoms with Gasteiger partial charge in [0.1, 0.15) is 0 Å². The zero-order valence-corrected chi connectivity index (χ0v) is 16.2. The summed E-state index contributed by atoms with van der Waals surface area (Å²) >= 11 is 1.22. The highest BCUT2D eigenvalue weighted by molar-refractivity contribution is 7.15. The molecule has 30 heavy (non-hydrogen) atoms. The minimum atomic E-state index is -4.69. The highest BCUT2D eigenvalue weighted by Gasteiger charge is 2.38. The number of alkyl halides is 3. The third-order valence-corrected chi connectivity index (χ3v) is 5.47. The van der Waals surface area contributed by atoms with Gasteiger partial charge in [0, 0.05) is 16.8 Å². The number of hydrogen-bond donors (Lipinski definition) is 1. The number of thiophene rings is 1. The lowest BCUT2D eigenvalue weighted by Crippen LogP contribution is -2.11. The zero-order chi connectivity index (χ0) is 21.3. The zero-order valence-electron chi connectivity index (χ0n) is 15.4. The fourth-order valence-electron chi connectivity index (χ4n) is 2.66. The molecule has 1 aromatic carbocycles. The lowest BCUT2D eigenvalue weighted by atomic mass is 10.2. The Labute approximate surface area is 172 Å². The van der Waals surface area contributed by atoms with Crippen LogP contribution >= 0.6 is 11.3 Å². The molecular weight excluding hydrogens is 419 g/mol. The summed E-state index contributed by atoms with van der Waals surface area (Å²) in [5, 5.41) is 10.4. The first-order valence-electron chi connectivity index (χ1n) is 8.73. The molecule has 3 heterocycles. The number of benzene rings is 1. The van der Waals surface area contributed by atoms with Crippen LogP contribution < -0.4 is 5.32 Å². The monoisotopic (exact) mass is 433 g/mol. The van der Waals surface area contributed by atoms with Gasteiger partial charge in [0.15, 0.2) is 0 Å². The molecular formula is C19H14F3N5O2S. The smallest absolute Gasteiger partial charge is 0.329 e. The number of anilines is 1. The summed E-state index contributed by atoms with van der Waals surface area (Å²) < 4.78 is 43.8. The molecule has 3 aromatic heterocycles. The van der Waals surface area contributed by atoms with Crippen molar-refractivity contribution in [3.05, 3.63) is 71.2 Å². The normalized spacial score (nSPS) is 12.7. The summed E-state index contributed by atoms with van der Waals surface area (Å²) in [6, 6.07) is 12.2. The Bertz CT molecular complexity index is 1170. The Kier molecular flexibility index (Phi) is 5.12. The first-order valence-corrected chi connectivity index (χ1v) is 9.54. The molecule has 11 heteroatoms. The van der Waals surface area contributed by atoms with Crippen LogP contribution in [0.1, 0.15) is 34.1 Å². The molecule has 0 radical (unpaired) electrons. The van der Waals surface area contributed by atoms with E-state index in [0.29, 0.717) is 16.1 Å². The highest BCUT2D eigenvalue weighted by Crippen LogP contribution is 2.34. The number of carbonyl (C=O) groups excluding carboxylic acids is 1. The van der Waals surface area contributed by atoms with Crippen molar-refractivity contribution in [1.82, 2.24) is 19.9 Å². The van der Waals surface area contributed by atoms with Crippen LogP contribution in [0.15, 0.2) is 59.4 Å². The van der Waals surface area contributed by atoms with Gasteiger partial charge in [-0.15, -0.1) is 11.3 Å². The molecule has 1 atom stereocenters. The number of amides is 1. The standard InChI is InChI=1S/C19H14F3N5O2S/c1-11(14-7-8-15(30-14)16-25-18(29-26-16)19(20,21)22)27-10-12(9-23-27)17(28)24-13-5-3-2-4-6-13/h2-11H,1H3,(H,24,28). The number of nitrogens with zero attached hydrogens (tertiary/aromatic N) is 4. The minimum Gasteiger partial charge on any atom is -0.329 e. The average molecular weight is 433 g/mol. The maximum atomic E-state index is 12.6. The second-order valence-corrected chi connectivity index (χ2v) is 7.44. The summed E-state index contributed by atoms with van der Waals surface area (Å²) in [7, 11) is 0. The van der Waals surface area contributed by atoms with Crippen LogP contribution in [0.25, 0.3) is 10.7 Å². The Hall–Kier alpha value is -3.47. The quantitative estimate of drug-likeness (QED) is 0.485. The first kappa shape index (κ1) is 19.8. The molecule has 1 unspecified atom stereocenters. The lowest BCUT2D eigenvalue weighted by Gasteiger charge is -2.09. The van der Waals surface area contributed by atoms with Gasteiger partial charge in [0.25, 0.3) is 5.91 Å². The predicted octanol–water partition coefficient (Wildman–Crippen LogP) is 4.88. The first-order chi connectivity index (χ1) is 14.3. The van der Waals surface area contributed by atoms with Crippen molar-refractivity contribution in [1.29, 1.82) is 0 Å². The third kappa shape index (κ3) is 4.10. The predicted molar refractivity (Wildman–Crippen MR) is 103 cm³/mol. The van der Waals surface area contributed by atoms with Crippen molar-refractivity contribution >= 4 is 22.9 Å². The molecule has 4 rings (SSSR count). The van der Waals surface area contributed by atoms with Crippen molar-refractivity contribution in [2.45, 2.75) is 19.1 Å². The SMILES string of the molecule is CC(c1ccc(-c2noc(C(F)(F)F)n2)s1)n1cc(C(=O)Nc2ccccc2)cn1. The van der Waals surface area contributed by atoms with Crippen molar-refractivity contribution < 1.29 is 22.5 Å². The summed E-state index contributed by atoms with van der Waals surface area (Å²) in [6.45, 7) is 1.86. The number of rotatable bonds is 5. The van der Waals surface area contributed by atoms with E-state index in [1.807, 2.05) is 25.1 Å². The summed E-state index contributed by atoms with van der Waals surface area (Å²) in [5.74, 6) is -1.81. The van der Waals surface area contributed by atoms with Gasteiger partial charge in [-0.3, -0.25) is 9.48 Å². The van der Waals surface area contributed by atoms with Crippen LogP contribution in [-0.4, -0.2) is 25.8 Å². The number of aromatic nitrogens is 4. The van der Waals surface area contributed by atoms with Crippen LogP contribution in [0.3, 0.4) is 0 Å². The van der Waals surface area contributed by atoms with Crippen LogP contribution in [0.4, 0.5) is 18.9 Å². The average Bonchev–Trinajstić information content (AvgIpc) is 3.47. The van der Waals surface area contributed by atoms with Gasteiger partial charge in [-0.1, -0.05) is 23.4 Å². The number of carbonyl (C=O) groups is 1. The molecule has 0 bridgehead atoms. The van der Waals surface area contributed by atoms with Crippen LogP contribution in [0.2, 0.25) is 0 Å². The molecule has 0 saturated carbocycles. The van der Waals surface area contributed by atoms with Crippen LogP contribution in [-0.2, 0) is 6.18 Å². The summed E-state index contributed by atoms with van der Waals surface area (Å²) in [4.78, 5) is 17.0. The van der Waals surface area contributed by atoms with Gasteiger partial charge in [0.2, 0.25) is 5.82 Å². The Morgan fingerprint density at radius 3 is 2.67 bits per heavy atom. The Morgan fingerprint density at radius 2 is 1.97 bits per heavy atom. The fourth-order valence-corrected chi connectivity index (χ4v) is 3.64. The number of halogens is 3. The number of nitrogens with one attached hydrogen (secondary N) is 1. The van der Waals surface area contributed by atoms with Crippen molar-refractivity contribution in [3.63, 3.8) is 0 Å². The molecule has 154 valence electrons. The van der Waals surface area contributed by atoms with Crippen LogP contribution in [0.5, 0.6) is 0 Å². The van der Waals surface area contributed by atoms with Gasteiger partial charge in [-0.05, 0) is 31.2 Å². The largest absolute Gasteiger partial charge is 0.471 e. The molecule has 0 aliphatic heterocycles. The van der Waals surface area contributed by atoms with Crippen molar-refractivity contribution in [3.8, 4) is 10.7 Å². The molecule has 7 nitrogen and oxygen atoms in total. The van der Waals surface area contributed by atoms with Gasteiger partial charge in [-0.2, -0.15) is 23.3 Å². The third-order valence-electron chi connectivity index (χ3n) is 4.22. The van der Waals surface area contributed by atoms with E-state index in [1.54, 1.807) is 35.1 Å². The summed E-state index contributed by atoms with van der Waals surface area (Å²) in [6.07, 6.45) is -1.62. The second-order valence-electron chi connectivity index (χ2n) is 6.33. The Morgan fingerprint density at radius 1 is 1.20 bits per heavy atom. The molecule has 0 fully saturated rings. The van der Waals surface area contributed by atoms with Crippen LogP contribution in [0, 0.1) is 0 Å². The van der Waals surface area contributed by atoms with E-state index in [4.69, 9.17) is 0 Å². The maximum absolute atomic E-state index is 12.6. The number of hydrogen-bond acceptors (Lipinski definition) is 6. The molecule has 4 aromatic rings. The lowest BCUT2D eigenvalue weighted by molar-refractivity contribution is -0.159. The maximum Gasteiger partial charge on any atom is 0.471 e. The van der Waals surface area contributed by atoms with E-state index in [2.05, 4.69) is 25.1 Å². The second kappa shape index (κ2) is 7.75. The summed E-state index contributed by atoms with van der Waals surface area (Å²) in [5.41, 5.74) is 1.06. The van der Waals surface area contributed by atoms with Gasteiger partial charge < -0.3 is 9.84 Å². The van der Waals surface area contributed by atoms with Crippen molar-refractivity contribution in [2.75, 3.05) is 5.32 Å². The Balaban J connectivity index is 1.49. The van der Waals surface area contributed by atoms with E-state index in [-0.39, 0.29) is 17.8 Å². The fraction of sp³-hybridized carbons (Fsp3) is 0.158. The van der Waals surface area contributed by atoms with Gasteiger partial charge in [-0.25, -0.2) is 0 Å². The number of para-hydroxylation sites is 1. The van der Waals surface area contributed by atoms with Gasteiger partial charge >= 0.3 is 12.1 Å². The minimum absolute atomic E-state index is 0.130. The molecule has 1 N–H and O–H groups in total. The molecule has 1 amide bonds. The van der Waals surface area contributed by atoms with Crippen molar-refractivity contribution in [2.24, 2.45) is 0 Å². The van der Waals surface area contributed by atoms with E-state index in [9.17, 15) is 18.0 Å². The molecule has 0 saturated heterocycles. The van der Waals surface area contributed by atoms with E-state index in [0.717, 1.165) is 4.88 Å².